The molecule has 0 bridgehead atoms. The van der Waals surface area contributed by atoms with Crippen LogP contribution in [0.15, 0.2) is 22.7 Å². The van der Waals surface area contributed by atoms with Crippen molar-refractivity contribution in [1.82, 2.24) is 10.1 Å². The van der Waals surface area contributed by atoms with Crippen LogP contribution in [0.25, 0.3) is 11.5 Å². The number of nitrogens with zero attached hydrogens (tertiary/aromatic N) is 2. The lowest BCUT2D eigenvalue weighted by Crippen LogP contribution is -2.15. The zero-order valence-electron chi connectivity index (χ0n) is 15.3. The van der Waals surface area contributed by atoms with Crippen LogP contribution in [0.2, 0.25) is 0 Å². The van der Waals surface area contributed by atoms with Crippen LogP contribution >= 0.6 is 0 Å². The number of hydrogen-bond donors (Lipinski definition) is 0. The molecule has 1 saturated heterocycles. The number of methoxy groups -OCH3 is 1. The Morgan fingerprint density at radius 2 is 1.88 bits per heavy atom. The first-order valence-corrected chi connectivity index (χ1v) is 8.78. The van der Waals surface area contributed by atoms with Crippen LogP contribution in [0, 0.1) is 0 Å². The molecule has 0 saturated carbocycles. The minimum Gasteiger partial charge on any atom is -0.496 e. The molecule has 0 aliphatic carbocycles. The average molecular weight is 332 g/mol. The smallest absolute Gasteiger partial charge is 0.258 e. The zero-order valence-corrected chi connectivity index (χ0v) is 15.3. The van der Waals surface area contributed by atoms with Gasteiger partial charge in [0, 0.05) is 24.7 Å². The van der Waals surface area contributed by atoms with Gasteiger partial charge in [-0.3, -0.25) is 0 Å². The van der Waals surface area contributed by atoms with Gasteiger partial charge in [0.15, 0.2) is 5.82 Å². The quantitative estimate of drug-likeness (QED) is 0.806. The third-order valence-corrected chi connectivity index (χ3v) is 4.13. The molecular weight excluding hydrogens is 304 g/mol. The van der Waals surface area contributed by atoms with E-state index >= 15 is 0 Å². The fourth-order valence-corrected chi connectivity index (χ4v) is 2.79. The van der Waals surface area contributed by atoms with Gasteiger partial charge in [-0.05, 0) is 36.5 Å². The Morgan fingerprint density at radius 1 is 1.17 bits per heavy atom. The van der Waals surface area contributed by atoms with Gasteiger partial charge in [0.25, 0.3) is 5.89 Å². The molecule has 0 N–H and O–H groups in total. The Hall–Kier alpha value is -1.88. The molecule has 1 aliphatic rings. The monoisotopic (exact) mass is 332 g/mol. The summed E-state index contributed by atoms with van der Waals surface area (Å²) in [5.74, 6) is 2.94. The molecule has 0 spiro atoms. The van der Waals surface area contributed by atoms with Crippen molar-refractivity contribution in [3.8, 4) is 17.2 Å². The second-order valence-electron chi connectivity index (χ2n) is 5.96. The maximum Gasteiger partial charge on any atom is 0.258 e. The van der Waals surface area contributed by atoms with E-state index in [-0.39, 0.29) is 0 Å². The van der Waals surface area contributed by atoms with Crippen molar-refractivity contribution in [3.05, 3.63) is 29.6 Å². The summed E-state index contributed by atoms with van der Waals surface area (Å²) < 4.78 is 16.3. The van der Waals surface area contributed by atoms with Gasteiger partial charge in [-0.15, -0.1) is 0 Å². The number of aromatic nitrogens is 2. The highest BCUT2D eigenvalue weighted by molar-refractivity contribution is 5.58. The first-order valence-electron chi connectivity index (χ1n) is 8.78. The summed E-state index contributed by atoms with van der Waals surface area (Å²) in [6, 6.07) is 6.05. The third-order valence-electron chi connectivity index (χ3n) is 4.13. The molecule has 1 aromatic heterocycles. The zero-order chi connectivity index (χ0) is 17.5. The van der Waals surface area contributed by atoms with Crippen molar-refractivity contribution in [3.63, 3.8) is 0 Å². The van der Waals surface area contributed by atoms with Gasteiger partial charge < -0.3 is 14.0 Å². The van der Waals surface area contributed by atoms with Crippen molar-refractivity contribution in [2.24, 2.45) is 0 Å². The van der Waals surface area contributed by atoms with Gasteiger partial charge in [0.1, 0.15) is 5.75 Å². The SMILES string of the molecule is CC.COc1cc(-c2nc(C3CCOCC3)no2)ccc1C(C)C. The Bertz CT molecular complexity index is 631. The Balaban J connectivity index is 0.00000100. The molecule has 5 nitrogen and oxygen atoms in total. The van der Waals surface area contributed by atoms with E-state index in [1.807, 2.05) is 26.0 Å². The predicted octanol–water partition coefficient (Wildman–Crippen LogP) is 4.79. The van der Waals surface area contributed by atoms with E-state index in [0.717, 1.165) is 43.2 Å². The second kappa shape index (κ2) is 8.83. The van der Waals surface area contributed by atoms with Gasteiger partial charge in [-0.1, -0.05) is 38.9 Å². The van der Waals surface area contributed by atoms with Gasteiger partial charge in [0.05, 0.1) is 7.11 Å². The van der Waals surface area contributed by atoms with Crippen LogP contribution in [0.5, 0.6) is 5.75 Å². The fourth-order valence-electron chi connectivity index (χ4n) is 2.79. The molecule has 1 aliphatic heterocycles. The van der Waals surface area contributed by atoms with Crippen LogP contribution < -0.4 is 4.74 Å². The topological polar surface area (TPSA) is 57.4 Å². The molecular formula is C19H28N2O3. The number of hydrogen-bond acceptors (Lipinski definition) is 5. The highest BCUT2D eigenvalue weighted by Gasteiger charge is 2.22. The van der Waals surface area contributed by atoms with Crippen LogP contribution in [0.1, 0.15) is 63.8 Å². The minimum atomic E-state index is 0.336. The van der Waals surface area contributed by atoms with Crippen molar-refractivity contribution in [2.45, 2.75) is 52.4 Å². The second-order valence-corrected chi connectivity index (χ2v) is 5.96. The van der Waals surface area contributed by atoms with Crippen LogP contribution in [-0.2, 0) is 4.74 Å². The molecule has 5 heteroatoms. The average Bonchev–Trinajstić information content (AvgIpc) is 3.13. The number of benzene rings is 1. The molecule has 0 amide bonds. The maximum atomic E-state index is 5.49. The minimum absolute atomic E-state index is 0.336. The van der Waals surface area contributed by atoms with Crippen molar-refractivity contribution in [2.75, 3.05) is 20.3 Å². The highest BCUT2D eigenvalue weighted by Crippen LogP contribution is 2.32. The number of rotatable bonds is 4. The summed E-state index contributed by atoms with van der Waals surface area (Å²) in [5.41, 5.74) is 2.07. The third kappa shape index (κ3) is 4.15. The van der Waals surface area contributed by atoms with E-state index in [2.05, 4.69) is 30.1 Å². The number of ether oxygens (including phenoxy) is 2. The molecule has 0 radical (unpaired) electrons. The molecule has 0 unspecified atom stereocenters. The molecule has 0 atom stereocenters. The van der Waals surface area contributed by atoms with Crippen molar-refractivity contribution >= 4 is 0 Å². The molecule has 2 aromatic rings. The van der Waals surface area contributed by atoms with Crippen LogP contribution in [-0.4, -0.2) is 30.5 Å². The first-order chi connectivity index (χ1) is 11.7. The van der Waals surface area contributed by atoms with Crippen LogP contribution in [0.4, 0.5) is 0 Å². The molecule has 1 aromatic carbocycles. The Morgan fingerprint density at radius 3 is 2.50 bits per heavy atom. The highest BCUT2D eigenvalue weighted by atomic mass is 16.5. The van der Waals surface area contributed by atoms with E-state index in [0.29, 0.717) is 17.7 Å². The molecule has 1 fully saturated rings. The molecule has 3 rings (SSSR count). The Labute approximate surface area is 144 Å². The normalized spacial score (nSPS) is 15.1. The summed E-state index contributed by atoms with van der Waals surface area (Å²) in [6.07, 6.45) is 1.91. The van der Waals surface area contributed by atoms with E-state index in [1.54, 1.807) is 7.11 Å². The molecule has 132 valence electrons. The Kier molecular flexibility index (Phi) is 6.79. The van der Waals surface area contributed by atoms with Crippen molar-refractivity contribution < 1.29 is 14.0 Å². The van der Waals surface area contributed by atoms with E-state index in [4.69, 9.17) is 14.0 Å². The fraction of sp³-hybridized carbons (Fsp3) is 0.579. The summed E-state index contributed by atoms with van der Waals surface area (Å²) >= 11 is 0. The van der Waals surface area contributed by atoms with Gasteiger partial charge in [-0.2, -0.15) is 4.98 Å². The lowest BCUT2D eigenvalue weighted by Gasteiger charge is -2.18. The van der Waals surface area contributed by atoms with Crippen molar-refractivity contribution in [1.29, 1.82) is 0 Å². The summed E-state index contributed by atoms with van der Waals surface area (Å²) in [7, 11) is 1.69. The van der Waals surface area contributed by atoms with E-state index in [1.165, 1.54) is 5.56 Å². The maximum absolute atomic E-state index is 5.49. The molecule has 24 heavy (non-hydrogen) atoms. The molecule has 2 heterocycles. The predicted molar refractivity (Wildman–Crippen MR) is 94.5 cm³/mol. The van der Waals surface area contributed by atoms with E-state index in [9.17, 15) is 0 Å². The summed E-state index contributed by atoms with van der Waals surface area (Å²) in [5, 5.41) is 4.15. The lowest BCUT2D eigenvalue weighted by atomic mass is 9.99. The lowest BCUT2D eigenvalue weighted by molar-refractivity contribution is 0.0830. The van der Waals surface area contributed by atoms with Gasteiger partial charge in [-0.25, -0.2) is 0 Å². The summed E-state index contributed by atoms with van der Waals surface area (Å²) in [4.78, 5) is 4.57. The van der Waals surface area contributed by atoms with Crippen LogP contribution in [0.3, 0.4) is 0 Å². The van der Waals surface area contributed by atoms with E-state index < -0.39 is 0 Å². The van der Waals surface area contributed by atoms with Gasteiger partial charge in [0.2, 0.25) is 0 Å². The summed E-state index contributed by atoms with van der Waals surface area (Å²) in [6.45, 7) is 9.83. The largest absolute Gasteiger partial charge is 0.496 e. The standard InChI is InChI=1S/C17H22N2O3.C2H6/c1-11(2)14-5-4-13(10-15(14)20-3)17-18-16(19-22-17)12-6-8-21-9-7-12;1-2/h4-5,10-12H,6-9H2,1-3H3;1-2H3. The van der Waals surface area contributed by atoms with Gasteiger partial charge >= 0.3 is 0 Å². The first kappa shape index (κ1) is 18.5.